The minimum atomic E-state index is -4.18. The Morgan fingerprint density at radius 1 is 1.35 bits per heavy atom. The first-order valence-electron chi connectivity index (χ1n) is 5.50. The third-order valence-electron chi connectivity index (χ3n) is 2.19. The van der Waals surface area contributed by atoms with E-state index in [1.807, 2.05) is 6.92 Å². The molecule has 1 aromatic heterocycles. The average Bonchev–Trinajstić information content (AvgIpc) is 2.61. The van der Waals surface area contributed by atoms with Crippen LogP contribution in [0.2, 0.25) is 0 Å². The highest BCUT2D eigenvalue weighted by Crippen LogP contribution is 2.21. The van der Waals surface area contributed by atoms with E-state index in [1.165, 1.54) is 0 Å². The van der Waals surface area contributed by atoms with Gasteiger partial charge in [-0.3, -0.25) is 0 Å². The van der Waals surface area contributed by atoms with E-state index in [1.54, 1.807) is 0 Å². The Kier molecular flexibility index (Phi) is 4.92. The summed E-state index contributed by atoms with van der Waals surface area (Å²) in [5.74, 6) is 0.487. The molecule has 0 aliphatic carbocycles. The molecule has 7 heteroatoms. The van der Waals surface area contributed by atoms with Crippen molar-refractivity contribution < 1.29 is 17.7 Å². The zero-order chi connectivity index (χ0) is 12.9. The van der Waals surface area contributed by atoms with Gasteiger partial charge in [-0.25, -0.2) is 0 Å². The molecular weight excluding hydrogens is 235 g/mol. The summed E-state index contributed by atoms with van der Waals surface area (Å²) < 4.78 is 40.7. The standard InChI is InChI=1S/C10H16F3N3O/c1-7(14)3-2-4-9-15-8(16-17-9)5-6-10(11,12)13/h7H,2-6,14H2,1H3. The van der Waals surface area contributed by atoms with Crippen LogP contribution in [0.3, 0.4) is 0 Å². The molecule has 4 nitrogen and oxygen atoms in total. The Morgan fingerprint density at radius 2 is 2.06 bits per heavy atom. The zero-order valence-corrected chi connectivity index (χ0v) is 9.63. The molecule has 0 amide bonds. The molecule has 0 fully saturated rings. The van der Waals surface area contributed by atoms with Crippen molar-refractivity contribution in [2.24, 2.45) is 5.73 Å². The lowest BCUT2D eigenvalue weighted by Gasteiger charge is -2.02. The van der Waals surface area contributed by atoms with E-state index in [9.17, 15) is 13.2 Å². The van der Waals surface area contributed by atoms with E-state index in [2.05, 4.69) is 10.1 Å². The van der Waals surface area contributed by atoms with Crippen LogP contribution in [0, 0.1) is 0 Å². The summed E-state index contributed by atoms with van der Waals surface area (Å²) in [4.78, 5) is 3.89. The van der Waals surface area contributed by atoms with Gasteiger partial charge in [0.25, 0.3) is 0 Å². The van der Waals surface area contributed by atoms with Crippen molar-refractivity contribution >= 4 is 0 Å². The van der Waals surface area contributed by atoms with Gasteiger partial charge in [0.05, 0.1) is 6.42 Å². The molecule has 98 valence electrons. The van der Waals surface area contributed by atoms with Gasteiger partial charge >= 0.3 is 6.18 Å². The van der Waals surface area contributed by atoms with Crippen LogP contribution in [-0.2, 0) is 12.8 Å². The molecule has 1 heterocycles. The number of rotatable bonds is 6. The van der Waals surface area contributed by atoms with Gasteiger partial charge in [-0.15, -0.1) is 0 Å². The topological polar surface area (TPSA) is 64.9 Å². The van der Waals surface area contributed by atoms with Crippen molar-refractivity contribution in [2.75, 3.05) is 0 Å². The first kappa shape index (κ1) is 14.0. The van der Waals surface area contributed by atoms with Crippen LogP contribution < -0.4 is 5.73 Å². The number of halogens is 3. The van der Waals surface area contributed by atoms with Gasteiger partial charge in [0.2, 0.25) is 5.89 Å². The summed E-state index contributed by atoms with van der Waals surface area (Å²) in [6.07, 6.45) is -3.18. The number of nitrogens with two attached hydrogens (primary N) is 1. The number of nitrogens with zero attached hydrogens (tertiary/aromatic N) is 2. The second kappa shape index (κ2) is 6.00. The van der Waals surface area contributed by atoms with E-state index in [4.69, 9.17) is 10.3 Å². The predicted octanol–water partition coefficient (Wildman–Crippen LogP) is 2.23. The quantitative estimate of drug-likeness (QED) is 0.842. The summed E-state index contributed by atoms with van der Waals surface area (Å²) in [6.45, 7) is 1.89. The van der Waals surface area contributed by atoms with E-state index in [0.29, 0.717) is 12.3 Å². The van der Waals surface area contributed by atoms with Gasteiger partial charge in [-0.1, -0.05) is 5.16 Å². The lowest BCUT2D eigenvalue weighted by Crippen LogP contribution is -2.14. The average molecular weight is 251 g/mol. The molecule has 0 saturated heterocycles. The van der Waals surface area contributed by atoms with Crippen LogP contribution in [0.15, 0.2) is 4.52 Å². The largest absolute Gasteiger partial charge is 0.389 e. The molecule has 17 heavy (non-hydrogen) atoms. The minimum absolute atomic E-state index is 0.0996. The molecule has 1 rings (SSSR count). The first-order chi connectivity index (χ1) is 7.87. The number of aryl methyl sites for hydroxylation is 2. The Hall–Kier alpha value is -1.11. The Morgan fingerprint density at radius 3 is 2.65 bits per heavy atom. The van der Waals surface area contributed by atoms with Crippen molar-refractivity contribution in [3.05, 3.63) is 11.7 Å². The van der Waals surface area contributed by atoms with E-state index in [-0.39, 0.29) is 18.3 Å². The smallest absolute Gasteiger partial charge is 0.339 e. The highest BCUT2D eigenvalue weighted by Gasteiger charge is 2.27. The molecule has 0 radical (unpaired) electrons. The summed E-state index contributed by atoms with van der Waals surface area (Å²) in [5, 5.41) is 3.50. The summed E-state index contributed by atoms with van der Waals surface area (Å²) in [6, 6.07) is 0.0996. The van der Waals surface area contributed by atoms with E-state index < -0.39 is 12.6 Å². The van der Waals surface area contributed by atoms with Gasteiger partial charge in [0.1, 0.15) is 0 Å². The number of aromatic nitrogens is 2. The second-order valence-corrected chi connectivity index (χ2v) is 4.09. The van der Waals surface area contributed by atoms with Crippen LogP contribution in [0.1, 0.15) is 37.9 Å². The molecule has 0 saturated carbocycles. The molecule has 0 aromatic carbocycles. The lowest BCUT2D eigenvalue weighted by molar-refractivity contribution is -0.134. The highest BCUT2D eigenvalue weighted by molar-refractivity contribution is 4.87. The predicted molar refractivity (Wildman–Crippen MR) is 55.3 cm³/mol. The molecule has 1 aromatic rings. The second-order valence-electron chi connectivity index (χ2n) is 4.09. The van der Waals surface area contributed by atoms with Gasteiger partial charge in [-0.05, 0) is 19.8 Å². The number of hydrogen-bond acceptors (Lipinski definition) is 4. The molecule has 0 spiro atoms. The zero-order valence-electron chi connectivity index (χ0n) is 9.63. The Bertz CT molecular complexity index is 336. The lowest BCUT2D eigenvalue weighted by atomic mass is 10.1. The number of hydrogen-bond donors (Lipinski definition) is 1. The van der Waals surface area contributed by atoms with E-state index >= 15 is 0 Å². The van der Waals surface area contributed by atoms with Gasteiger partial charge in [0, 0.05) is 18.9 Å². The van der Waals surface area contributed by atoms with Crippen molar-refractivity contribution in [3.63, 3.8) is 0 Å². The monoisotopic (exact) mass is 251 g/mol. The van der Waals surface area contributed by atoms with Crippen molar-refractivity contribution in [1.82, 2.24) is 10.1 Å². The Labute approximate surface area is 97.4 Å². The maximum Gasteiger partial charge on any atom is 0.389 e. The molecule has 1 atom stereocenters. The molecule has 2 N–H and O–H groups in total. The molecule has 0 aliphatic heterocycles. The normalized spacial score (nSPS) is 13.9. The maximum absolute atomic E-state index is 11.9. The highest BCUT2D eigenvalue weighted by atomic mass is 19.4. The third kappa shape index (κ3) is 6.25. The van der Waals surface area contributed by atoms with E-state index in [0.717, 1.165) is 12.8 Å². The first-order valence-corrected chi connectivity index (χ1v) is 5.50. The van der Waals surface area contributed by atoms with Crippen LogP contribution in [0.4, 0.5) is 13.2 Å². The summed E-state index contributed by atoms with van der Waals surface area (Å²) >= 11 is 0. The van der Waals surface area contributed by atoms with Crippen molar-refractivity contribution in [1.29, 1.82) is 0 Å². The van der Waals surface area contributed by atoms with Gasteiger partial charge in [0.15, 0.2) is 5.82 Å². The molecular formula is C10H16F3N3O. The van der Waals surface area contributed by atoms with Gasteiger partial charge < -0.3 is 10.3 Å². The fourth-order valence-corrected chi connectivity index (χ4v) is 1.32. The molecule has 1 unspecified atom stereocenters. The minimum Gasteiger partial charge on any atom is -0.339 e. The fraction of sp³-hybridized carbons (Fsp3) is 0.800. The summed E-state index contributed by atoms with van der Waals surface area (Å²) in [7, 11) is 0. The van der Waals surface area contributed by atoms with Crippen LogP contribution in [-0.4, -0.2) is 22.4 Å². The summed E-state index contributed by atoms with van der Waals surface area (Å²) in [5.41, 5.74) is 5.57. The van der Waals surface area contributed by atoms with Crippen molar-refractivity contribution in [2.45, 2.75) is 51.2 Å². The SMILES string of the molecule is CC(N)CCCc1nc(CCC(F)(F)F)no1. The molecule has 0 bridgehead atoms. The van der Waals surface area contributed by atoms with Crippen LogP contribution in [0.5, 0.6) is 0 Å². The van der Waals surface area contributed by atoms with Crippen molar-refractivity contribution in [3.8, 4) is 0 Å². The molecule has 0 aliphatic rings. The van der Waals surface area contributed by atoms with Crippen LogP contribution in [0.25, 0.3) is 0 Å². The fourth-order valence-electron chi connectivity index (χ4n) is 1.32. The van der Waals surface area contributed by atoms with Crippen LogP contribution >= 0.6 is 0 Å². The maximum atomic E-state index is 11.9. The number of alkyl halides is 3. The third-order valence-corrected chi connectivity index (χ3v) is 2.19. The Balaban J connectivity index is 2.32. The van der Waals surface area contributed by atoms with Gasteiger partial charge in [-0.2, -0.15) is 18.2 Å².